The van der Waals surface area contributed by atoms with Gasteiger partial charge in [-0.3, -0.25) is 4.79 Å². The van der Waals surface area contributed by atoms with Gasteiger partial charge in [-0.1, -0.05) is 15.9 Å². The molecule has 1 rings (SSSR count). The Morgan fingerprint density at radius 1 is 1.85 bits per heavy atom. The number of carbonyl (C=O) groups is 1. The third kappa shape index (κ3) is 3.18. The first-order valence-electron chi connectivity index (χ1n) is 3.92. The van der Waals surface area contributed by atoms with E-state index < -0.39 is 0 Å². The molecule has 0 saturated heterocycles. The summed E-state index contributed by atoms with van der Waals surface area (Å²) in [6, 6.07) is 0. The second-order valence-electron chi connectivity index (χ2n) is 2.70. The van der Waals surface area contributed by atoms with E-state index in [-0.39, 0.29) is 10.7 Å². The monoisotopic (exact) mass is 246 g/mol. The molecule has 0 aromatic carbocycles. The Bertz CT molecular complexity index is 296. The Labute approximate surface area is 84.8 Å². The van der Waals surface area contributed by atoms with E-state index in [0.717, 1.165) is 5.76 Å². The van der Waals surface area contributed by atoms with Crippen molar-refractivity contribution in [2.75, 3.05) is 0 Å². The molecule has 0 saturated carbocycles. The molecular weight excluding hydrogens is 236 g/mol. The summed E-state index contributed by atoms with van der Waals surface area (Å²) < 4.78 is 5.17. The van der Waals surface area contributed by atoms with Crippen molar-refractivity contribution in [1.29, 1.82) is 0 Å². The second kappa shape index (κ2) is 4.41. The third-order valence-corrected chi connectivity index (χ3v) is 1.86. The van der Waals surface area contributed by atoms with Crippen LogP contribution in [0.3, 0.4) is 0 Å². The highest BCUT2D eigenvalue weighted by atomic mass is 79.9. The Hall–Kier alpha value is -0.840. The number of hydrogen-bond acceptors (Lipinski definition) is 3. The number of halogens is 1. The second-order valence-corrected chi connectivity index (χ2v) is 4.07. The number of oxazole rings is 1. The lowest BCUT2D eigenvalue weighted by Crippen LogP contribution is -2.28. The predicted octanol–water partition coefficient (Wildman–Crippen LogP) is 1.38. The van der Waals surface area contributed by atoms with Crippen LogP contribution >= 0.6 is 15.9 Å². The summed E-state index contributed by atoms with van der Waals surface area (Å²) >= 11 is 3.16. The number of nitrogens with zero attached hydrogens (tertiary/aromatic N) is 1. The molecule has 1 atom stereocenters. The van der Waals surface area contributed by atoms with Gasteiger partial charge >= 0.3 is 0 Å². The summed E-state index contributed by atoms with van der Waals surface area (Å²) in [4.78, 5) is 14.9. The molecule has 0 spiro atoms. The fourth-order valence-corrected chi connectivity index (χ4v) is 0.948. The van der Waals surface area contributed by atoms with Crippen molar-refractivity contribution in [3.05, 3.63) is 17.8 Å². The summed E-state index contributed by atoms with van der Waals surface area (Å²) in [5.41, 5.74) is 0. The Balaban J connectivity index is 2.39. The first-order chi connectivity index (χ1) is 6.09. The molecule has 1 N–H and O–H groups in total. The van der Waals surface area contributed by atoms with E-state index in [1.807, 2.05) is 6.92 Å². The number of aromatic nitrogens is 1. The van der Waals surface area contributed by atoms with Crippen molar-refractivity contribution in [2.24, 2.45) is 0 Å². The van der Waals surface area contributed by atoms with Crippen molar-refractivity contribution < 1.29 is 9.21 Å². The van der Waals surface area contributed by atoms with Gasteiger partial charge in [-0.15, -0.1) is 0 Å². The zero-order chi connectivity index (χ0) is 9.84. The molecule has 1 amide bonds. The molecule has 0 fully saturated rings. The average molecular weight is 247 g/mol. The van der Waals surface area contributed by atoms with Crippen LogP contribution in [0.1, 0.15) is 18.6 Å². The number of alkyl halides is 1. The number of aryl methyl sites for hydroxylation is 1. The third-order valence-electron chi connectivity index (χ3n) is 1.44. The van der Waals surface area contributed by atoms with Crippen molar-refractivity contribution in [2.45, 2.75) is 25.2 Å². The summed E-state index contributed by atoms with van der Waals surface area (Å²) in [6.45, 7) is 3.91. The van der Waals surface area contributed by atoms with E-state index in [1.165, 1.54) is 0 Å². The predicted molar refractivity (Wildman–Crippen MR) is 51.5 cm³/mol. The molecule has 0 radical (unpaired) electrons. The summed E-state index contributed by atoms with van der Waals surface area (Å²) in [6.07, 6.45) is 1.62. The molecule has 1 unspecified atom stereocenters. The topological polar surface area (TPSA) is 55.1 Å². The quantitative estimate of drug-likeness (QED) is 0.821. The largest absolute Gasteiger partial charge is 0.444 e. The number of hydrogen-bond donors (Lipinski definition) is 1. The fraction of sp³-hybridized carbons (Fsp3) is 0.500. The molecular formula is C8H11BrN2O2. The molecule has 1 heterocycles. The maximum atomic E-state index is 11.1. The Morgan fingerprint density at radius 3 is 3.00 bits per heavy atom. The zero-order valence-electron chi connectivity index (χ0n) is 7.50. The minimum Gasteiger partial charge on any atom is -0.444 e. The van der Waals surface area contributed by atoms with Crippen LogP contribution in [0.5, 0.6) is 0 Å². The molecule has 4 nitrogen and oxygen atoms in total. The van der Waals surface area contributed by atoms with E-state index in [1.54, 1.807) is 13.1 Å². The van der Waals surface area contributed by atoms with E-state index >= 15 is 0 Å². The van der Waals surface area contributed by atoms with Crippen LogP contribution < -0.4 is 5.32 Å². The Kier molecular flexibility index (Phi) is 3.48. The van der Waals surface area contributed by atoms with Gasteiger partial charge in [0.25, 0.3) is 0 Å². The lowest BCUT2D eigenvalue weighted by atomic mass is 10.4. The van der Waals surface area contributed by atoms with Crippen LogP contribution in [0, 0.1) is 6.92 Å². The van der Waals surface area contributed by atoms with E-state index in [4.69, 9.17) is 4.42 Å². The first kappa shape index (κ1) is 10.2. The lowest BCUT2D eigenvalue weighted by Gasteiger charge is -2.03. The molecule has 0 aliphatic heterocycles. The van der Waals surface area contributed by atoms with Crippen molar-refractivity contribution in [3.63, 3.8) is 0 Å². The highest BCUT2D eigenvalue weighted by Gasteiger charge is 2.08. The highest BCUT2D eigenvalue weighted by molar-refractivity contribution is 9.10. The van der Waals surface area contributed by atoms with Gasteiger partial charge in [0.15, 0.2) is 0 Å². The van der Waals surface area contributed by atoms with E-state index in [0.29, 0.717) is 12.4 Å². The maximum absolute atomic E-state index is 11.1. The van der Waals surface area contributed by atoms with Gasteiger partial charge in [-0.2, -0.15) is 0 Å². The number of rotatable bonds is 3. The van der Waals surface area contributed by atoms with E-state index in [2.05, 4.69) is 26.2 Å². The van der Waals surface area contributed by atoms with Crippen LogP contribution in [0.25, 0.3) is 0 Å². The molecule has 72 valence electrons. The molecule has 13 heavy (non-hydrogen) atoms. The fourth-order valence-electron chi connectivity index (χ4n) is 0.787. The van der Waals surface area contributed by atoms with Crippen LogP contribution in [0.2, 0.25) is 0 Å². The first-order valence-corrected chi connectivity index (χ1v) is 4.84. The molecule has 1 aromatic rings. The van der Waals surface area contributed by atoms with Crippen molar-refractivity contribution in [3.8, 4) is 0 Å². The number of amides is 1. The van der Waals surface area contributed by atoms with Gasteiger partial charge in [0.2, 0.25) is 11.8 Å². The normalized spacial score (nSPS) is 12.5. The molecule has 5 heteroatoms. The molecule has 0 aliphatic rings. The number of nitrogens with one attached hydrogen (secondary N) is 1. The smallest absolute Gasteiger partial charge is 0.233 e. The van der Waals surface area contributed by atoms with Crippen LogP contribution in [0.15, 0.2) is 10.6 Å². The summed E-state index contributed by atoms with van der Waals surface area (Å²) in [7, 11) is 0. The highest BCUT2D eigenvalue weighted by Crippen LogP contribution is 2.02. The van der Waals surface area contributed by atoms with Crippen molar-refractivity contribution in [1.82, 2.24) is 10.3 Å². The summed E-state index contributed by atoms with van der Waals surface area (Å²) in [5.74, 6) is 1.20. The van der Waals surface area contributed by atoms with Gasteiger partial charge < -0.3 is 9.73 Å². The molecule has 0 bridgehead atoms. The van der Waals surface area contributed by atoms with Crippen LogP contribution in [-0.2, 0) is 11.3 Å². The van der Waals surface area contributed by atoms with Gasteiger partial charge in [-0.05, 0) is 13.8 Å². The van der Waals surface area contributed by atoms with Gasteiger partial charge in [-0.25, -0.2) is 4.98 Å². The van der Waals surface area contributed by atoms with Gasteiger partial charge in [0.1, 0.15) is 5.76 Å². The van der Waals surface area contributed by atoms with Gasteiger partial charge in [0.05, 0.1) is 17.6 Å². The molecule has 0 aliphatic carbocycles. The summed E-state index contributed by atoms with van der Waals surface area (Å²) in [5, 5.41) is 2.67. The maximum Gasteiger partial charge on any atom is 0.233 e. The minimum atomic E-state index is -0.191. The number of carbonyl (C=O) groups excluding carboxylic acids is 1. The SMILES string of the molecule is Cc1cnc(CNC(=O)C(C)Br)o1. The standard InChI is InChI=1S/C8H11BrN2O2/c1-5-3-10-7(13-5)4-11-8(12)6(2)9/h3,6H,4H2,1-2H3,(H,11,12). The zero-order valence-corrected chi connectivity index (χ0v) is 9.09. The minimum absolute atomic E-state index is 0.0733. The van der Waals surface area contributed by atoms with Crippen molar-refractivity contribution >= 4 is 21.8 Å². The average Bonchev–Trinajstić information content (AvgIpc) is 2.47. The van der Waals surface area contributed by atoms with Gasteiger partial charge in [0, 0.05) is 0 Å². The lowest BCUT2D eigenvalue weighted by molar-refractivity contribution is -0.120. The molecule has 1 aromatic heterocycles. The van der Waals surface area contributed by atoms with Crippen LogP contribution in [0.4, 0.5) is 0 Å². The van der Waals surface area contributed by atoms with Crippen LogP contribution in [-0.4, -0.2) is 15.7 Å². The Morgan fingerprint density at radius 2 is 2.54 bits per heavy atom. The van der Waals surface area contributed by atoms with E-state index in [9.17, 15) is 4.79 Å².